The van der Waals surface area contributed by atoms with Crippen molar-refractivity contribution in [2.75, 3.05) is 0 Å². The lowest BCUT2D eigenvalue weighted by molar-refractivity contribution is -0.0513. The molecule has 0 unspecified atom stereocenters. The Labute approximate surface area is 90.3 Å². The van der Waals surface area contributed by atoms with Crippen molar-refractivity contribution in [2.45, 2.75) is 39.5 Å². The number of hydrogen-bond donors (Lipinski definition) is 0. The molecule has 0 heterocycles. The Bertz CT molecular complexity index is 310. The minimum atomic E-state index is -2.73. The average Bonchev–Trinajstić information content (AvgIpc) is 2.17. The zero-order chi connectivity index (χ0) is 11.6. The van der Waals surface area contributed by atoms with Gasteiger partial charge in [-0.2, -0.15) is 0 Å². The summed E-state index contributed by atoms with van der Waals surface area (Å²) in [4.78, 5) is 0. The van der Waals surface area contributed by atoms with E-state index in [1.165, 1.54) is 26.0 Å². The molecule has 0 aliphatic heterocycles. The standard InChI is InChI=1S/C13H18F2/c1-9(2)11-5-7-12(8-6-11)13(14,15)10(3)4/h5-10H,1-4H3. The summed E-state index contributed by atoms with van der Waals surface area (Å²) in [6, 6.07) is 6.65. The van der Waals surface area contributed by atoms with Crippen LogP contribution in [0.5, 0.6) is 0 Å². The van der Waals surface area contributed by atoms with Gasteiger partial charge in [-0.25, -0.2) is 8.78 Å². The van der Waals surface area contributed by atoms with Gasteiger partial charge in [0.1, 0.15) is 0 Å². The normalized spacial score (nSPS) is 12.5. The SMILES string of the molecule is CC(C)c1ccc(C(F)(F)C(C)C)cc1. The van der Waals surface area contributed by atoms with Crippen LogP contribution in [0.3, 0.4) is 0 Å². The molecule has 1 aromatic rings. The number of rotatable bonds is 3. The van der Waals surface area contributed by atoms with Crippen LogP contribution in [-0.4, -0.2) is 0 Å². The summed E-state index contributed by atoms with van der Waals surface area (Å²) in [6.45, 7) is 7.18. The Balaban J connectivity index is 2.98. The Hall–Kier alpha value is -0.920. The number of alkyl halides is 2. The molecule has 0 fully saturated rings. The fourth-order valence-corrected chi connectivity index (χ4v) is 1.42. The Morgan fingerprint density at radius 2 is 1.40 bits per heavy atom. The predicted molar refractivity (Wildman–Crippen MR) is 59.3 cm³/mol. The molecule has 0 amide bonds. The van der Waals surface area contributed by atoms with Crippen molar-refractivity contribution in [1.29, 1.82) is 0 Å². The molecule has 0 bridgehead atoms. The maximum absolute atomic E-state index is 13.6. The van der Waals surface area contributed by atoms with Crippen molar-refractivity contribution in [1.82, 2.24) is 0 Å². The predicted octanol–water partition coefficient (Wildman–Crippen LogP) is 4.56. The van der Waals surface area contributed by atoms with E-state index in [0.717, 1.165) is 5.56 Å². The maximum Gasteiger partial charge on any atom is 0.275 e. The molecule has 2 heteroatoms. The van der Waals surface area contributed by atoms with Crippen LogP contribution in [0.2, 0.25) is 0 Å². The van der Waals surface area contributed by atoms with Gasteiger partial charge >= 0.3 is 0 Å². The van der Waals surface area contributed by atoms with E-state index in [2.05, 4.69) is 13.8 Å². The average molecular weight is 212 g/mol. The van der Waals surface area contributed by atoms with Crippen molar-refractivity contribution < 1.29 is 8.78 Å². The molecule has 1 rings (SSSR count). The summed E-state index contributed by atoms with van der Waals surface area (Å²) in [7, 11) is 0. The van der Waals surface area contributed by atoms with Gasteiger partial charge in [-0.1, -0.05) is 52.0 Å². The first-order chi connectivity index (χ1) is 6.85. The van der Waals surface area contributed by atoms with Gasteiger partial charge in [0.05, 0.1) is 0 Å². The maximum atomic E-state index is 13.6. The van der Waals surface area contributed by atoms with E-state index in [4.69, 9.17) is 0 Å². The van der Waals surface area contributed by atoms with Crippen LogP contribution in [0.25, 0.3) is 0 Å². The zero-order valence-electron chi connectivity index (χ0n) is 9.72. The smallest absolute Gasteiger partial charge is 0.201 e. The van der Waals surface area contributed by atoms with Crippen LogP contribution >= 0.6 is 0 Å². The van der Waals surface area contributed by atoms with Crippen LogP contribution in [0, 0.1) is 5.92 Å². The molecule has 0 aliphatic rings. The van der Waals surface area contributed by atoms with Gasteiger partial charge < -0.3 is 0 Å². The first-order valence-corrected chi connectivity index (χ1v) is 5.34. The van der Waals surface area contributed by atoms with Gasteiger partial charge in [0, 0.05) is 11.5 Å². The summed E-state index contributed by atoms with van der Waals surface area (Å²) in [5, 5.41) is 0. The number of benzene rings is 1. The highest BCUT2D eigenvalue weighted by molar-refractivity contribution is 5.27. The van der Waals surface area contributed by atoms with Gasteiger partial charge in [-0.05, 0) is 11.5 Å². The third-order valence-electron chi connectivity index (χ3n) is 2.69. The molecule has 0 nitrogen and oxygen atoms in total. The quantitative estimate of drug-likeness (QED) is 0.689. The molecule has 15 heavy (non-hydrogen) atoms. The molecule has 0 saturated carbocycles. The molecule has 0 atom stereocenters. The summed E-state index contributed by atoms with van der Waals surface area (Å²) in [5.74, 6) is -3.01. The lowest BCUT2D eigenvalue weighted by Crippen LogP contribution is -2.20. The van der Waals surface area contributed by atoms with Crippen LogP contribution in [0.4, 0.5) is 8.78 Å². The second kappa shape index (κ2) is 4.30. The molecule has 1 aromatic carbocycles. The third kappa shape index (κ3) is 2.55. The monoisotopic (exact) mass is 212 g/mol. The minimum absolute atomic E-state index is 0.113. The van der Waals surface area contributed by atoms with Gasteiger partial charge in [-0.15, -0.1) is 0 Å². The largest absolute Gasteiger partial charge is 0.275 e. The summed E-state index contributed by atoms with van der Waals surface area (Å²) in [6.07, 6.45) is 0. The van der Waals surface area contributed by atoms with Crippen LogP contribution in [-0.2, 0) is 5.92 Å². The summed E-state index contributed by atoms with van der Waals surface area (Å²) < 4.78 is 27.2. The first kappa shape index (κ1) is 12.2. The number of hydrogen-bond acceptors (Lipinski definition) is 0. The van der Waals surface area contributed by atoms with E-state index in [-0.39, 0.29) is 5.56 Å². The summed E-state index contributed by atoms with van der Waals surface area (Å²) in [5.41, 5.74) is 1.21. The lowest BCUT2D eigenvalue weighted by Gasteiger charge is -2.21. The van der Waals surface area contributed by atoms with Gasteiger partial charge in [0.2, 0.25) is 0 Å². The Kier molecular flexibility index (Phi) is 3.48. The Morgan fingerprint density at radius 3 is 1.73 bits per heavy atom. The van der Waals surface area contributed by atoms with Gasteiger partial charge in [0.15, 0.2) is 0 Å². The van der Waals surface area contributed by atoms with Gasteiger partial charge in [0.25, 0.3) is 5.92 Å². The van der Waals surface area contributed by atoms with E-state index in [1.807, 2.05) is 0 Å². The van der Waals surface area contributed by atoms with Gasteiger partial charge in [-0.3, -0.25) is 0 Å². The lowest BCUT2D eigenvalue weighted by atomic mass is 9.95. The first-order valence-electron chi connectivity index (χ1n) is 5.34. The van der Waals surface area contributed by atoms with Crippen molar-refractivity contribution in [2.24, 2.45) is 5.92 Å². The molecule has 0 N–H and O–H groups in total. The van der Waals surface area contributed by atoms with Crippen molar-refractivity contribution in [3.05, 3.63) is 35.4 Å². The number of halogens is 2. The minimum Gasteiger partial charge on any atom is -0.201 e. The van der Waals surface area contributed by atoms with E-state index >= 15 is 0 Å². The summed E-state index contributed by atoms with van der Waals surface area (Å²) >= 11 is 0. The van der Waals surface area contributed by atoms with Crippen LogP contribution in [0.1, 0.15) is 44.7 Å². The highest BCUT2D eigenvalue weighted by Crippen LogP contribution is 2.35. The fourth-order valence-electron chi connectivity index (χ4n) is 1.42. The zero-order valence-corrected chi connectivity index (χ0v) is 9.72. The topological polar surface area (TPSA) is 0 Å². The molecule has 0 radical (unpaired) electrons. The Morgan fingerprint density at radius 1 is 0.933 bits per heavy atom. The van der Waals surface area contributed by atoms with E-state index in [9.17, 15) is 8.78 Å². The molecular weight excluding hydrogens is 194 g/mol. The van der Waals surface area contributed by atoms with Crippen molar-refractivity contribution in [3.8, 4) is 0 Å². The molecule has 0 aliphatic carbocycles. The van der Waals surface area contributed by atoms with Crippen LogP contribution < -0.4 is 0 Å². The second-order valence-electron chi connectivity index (χ2n) is 4.55. The molecule has 84 valence electrons. The highest BCUT2D eigenvalue weighted by Gasteiger charge is 2.35. The molecular formula is C13H18F2. The van der Waals surface area contributed by atoms with Crippen molar-refractivity contribution >= 4 is 0 Å². The molecule has 0 aromatic heterocycles. The second-order valence-corrected chi connectivity index (χ2v) is 4.55. The highest BCUT2D eigenvalue weighted by atomic mass is 19.3. The van der Waals surface area contributed by atoms with E-state index in [0.29, 0.717) is 5.92 Å². The molecule has 0 saturated heterocycles. The third-order valence-corrected chi connectivity index (χ3v) is 2.69. The van der Waals surface area contributed by atoms with Crippen LogP contribution in [0.15, 0.2) is 24.3 Å². The fraction of sp³-hybridized carbons (Fsp3) is 0.538. The van der Waals surface area contributed by atoms with E-state index < -0.39 is 11.8 Å². The molecule has 0 spiro atoms. The van der Waals surface area contributed by atoms with Crippen molar-refractivity contribution in [3.63, 3.8) is 0 Å². The van der Waals surface area contributed by atoms with E-state index in [1.54, 1.807) is 12.1 Å².